The highest BCUT2D eigenvalue weighted by molar-refractivity contribution is 7.10. The van der Waals surface area contributed by atoms with Crippen LogP contribution in [0.4, 0.5) is 5.13 Å². The standard InChI is InChI=1S/C21H23N3O4S/c1-4-5-12-28-16-9-7-6-8-15(16)20(25)23-21-22-19(24-29-21)14-10-11-17(26-2)18(13-14)27-3/h6-11,13H,4-5,12H2,1-3H3,(H,22,23,24,25). The number of benzene rings is 2. The molecule has 0 fully saturated rings. The van der Waals surface area contributed by atoms with Gasteiger partial charge in [-0.3, -0.25) is 10.1 Å². The Bertz CT molecular complexity index is 974. The van der Waals surface area contributed by atoms with E-state index in [0.717, 1.165) is 29.9 Å². The van der Waals surface area contributed by atoms with Gasteiger partial charge in [0.2, 0.25) is 5.13 Å². The molecule has 0 unspecified atom stereocenters. The maximum absolute atomic E-state index is 12.7. The minimum atomic E-state index is -0.285. The molecule has 3 rings (SSSR count). The maximum Gasteiger partial charge on any atom is 0.261 e. The van der Waals surface area contributed by atoms with Crippen molar-refractivity contribution in [2.24, 2.45) is 0 Å². The van der Waals surface area contributed by atoms with Gasteiger partial charge in [0.1, 0.15) is 5.75 Å². The molecular weight excluding hydrogens is 390 g/mol. The van der Waals surface area contributed by atoms with Crippen molar-refractivity contribution in [1.29, 1.82) is 0 Å². The van der Waals surface area contributed by atoms with E-state index in [0.29, 0.717) is 40.4 Å². The SMILES string of the molecule is CCCCOc1ccccc1C(=O)Nc1nc(-c2ccc(OC)c(OC)c2)ns1. The summed E-state index contributed by atoms with van der Waals surface area (Å²) in [6.07, 6.45) is 1.96. The van der Waals surface area contributed by atoms with Crippen LogP contribution in [-0.4, -0.2) is 36.1 Å². The first-order valence-corrected chi connectivity index (χ1v) is 10.0. The molecule has 1 heterocycles. The lowest BCUT2D eigenvalue weighted by Crippen LogP contribution is -2.13. The van der Waals surface area contributed by atoms with Crippen molar-refractivity contribution >= 4 is 22.6 Å². The third-order valence-electron chi connectivity index (χ3n) is 4.18. The molecule has 3 aromatic rings. The molecule has 0 spiro atoms. The first-order valence-electron chi connectivity index (χ1n) is 9.25. The summed E-state index contributed by atoms with van der Waals surface area (Å²) in [6, 6.07) is 12.6. The van der Waals surface area contributed by atoms with Crippen LogP contribution in [0.15, 0.2) is 42.5 Å². The van der Waals surface area contributed by atoms with E-state index in [-0.39, 0.29) is 5.91 Å². The Hall–Kier alpha value is -3.13. The fourth-order valence-electron chi connectivity index (χ4n) is 2.64. The van der Waals surface area contributed by atoms with Crippen molar-refractivity contribution < 1.29 is 19.0 Å². The number of para-hydroxylation sites is 1. The Morgan fingerprint density at radius 1 is 1.07 bits per heavy atom. The van der Waals surface area contributed by atoms with Crippen LogP contribution in [0.25, 0.3) is 11.4 Å². The lowest BCUT2D eigenvalue weighted by atomic mass is 10.2. The predicted octanol–water partition coefficient (Wildman–Crippen LogP) is 4.65. The topological polar surface area (TPSA) is 82.6 Å². The van der Waals surface area contributed by atoms with Gasteiger partial charge in [-0.25, -0.2) is 0 Å². The summed E-state index contributed by atoms with van der Waals surface area (Å²) in [7, 11) is 3.15. The van der Waals surface area contributed by atoms with Crippen LogP contribution in [0.1, 0.15) is 30.1 Å². The molecule has 0 atom stereocenters. The molecule has 0 radical (unpaired) electrons. The van der Waals surface area contributed by atoms with Crippen LogP contribution in [0.2, 0.25) is 0 Å². The van der Waals surface area contributed by atoms with Gasteiger partial charge in [0, 0.05) is 17.1 Å². The molecule has 0 aliphatic rings. The number of amides is 1. The zero-order valence-electron chi connectivity index (χ0n) is 16.6. The van der Waals surface area contributed by atoms with E-state index >= 15 is 0 Å². The van der Waals surface area contributed by atoms with E-state index in [2.05, 4.69) is 21.6 Å². The van der Waals surface area contributed by atoms with Crippen LogP contribution < -0.4 is 19.5 Å². The van der Waals surface area contributed by atoms with Crippen LogP contribution in [0.5, 0.6) is 17.2 Å². The minimum absolute atomic E-state index is 0.285. The van der Waals surface area contributed by atoms with Crippen molar-refractivity contribution in [2.75, 3.05) is 26.1 Å². The largest absolute Gasteiger partial charge is 0.493 e. The molecule has 7 nitrogen and oxygen atoms in total. The quantitative estimate of drug-likeness (QED) is 0.514. The van der Waals surface area contributed by atoms with Crippen LogP contribution in [-0.2, 0) is 0 Å². The average molecular weight is 413 g/mol. The Morgan fingerprint density at radius 2 is 1.86 bits per heavy atom. The molecular formula is C21H23N3O4S. The van der Waals surface area contributed by atoms with E-state index in [1.165, 1.54) is 0 Å². The highest BCUT2D eigenvalue weighted by Crippen LogP contribution is 2.32. The molecule has 0 saturated heterocycles. The van der Waals surface area contributed by atoms with Gasteiger partial charge >= 0.3 is 0 Å². The second kappa shape index (κ2) is 9.88. The molecule has 2 aromatic carbocycles. The predicted molar refractivity (Wildman–Crippen MR) is 113 cm³/mol. The van der Waals surface area contributed by atoms with Crippen LogP contribution in [0, 0.1) is 0 Å². The van der Waals surface area contributed by atoms with Gasteiger partial charge in [0.05, 0.1) is 26.4 Å². The number of methoxy groups -OCH3 is 2. The second-order valence-electron chi connectivity index (χ2n) is 6.15. The average Bonchev–Trinajstić information content (AvgIpc) is 3.22. The van der Waals surface area contributed by atoms with E-state index in [1.54, 1.807) is 44.6 Å². The normalized spacial score (nSPS) is 10.4. The molecule has 0 saturated carbocycles. The number of nitrogens with zero attached hydrogens (tertiary/aromatic N) is 2. The second-order valence-corrected chi connectivity index (χ2v) is 6.90. The van der Waals surface area contributed by atoms with Gasteiger partial charge in [-0.2, -0.15) is 9.36 Å². The Balaban J connectivity index is 1.75. The van der Waals surface area contributed by atoms with Gasteiger partial charge in [-0.1, -0.05) is 25.5 Å². The Labute approximate surface area is 173 Å². The summed E-state index contributed by atoms with van der Waals surface area (Å²) in [5, 5.41) is 3.21. The first-order chi connectivity index (χ1) is 14.2. The first kappa shape index (κ1) is 20.6. The van der Waals surface area contributed by atoms with E-state index in [9.17, 15) is 4.79 Å². The fourth-order valence-corrected chi connectivity index (χ4v) is 3.22. The summed E-state index contributed by atoms with van der Waals surface area (Å²) in [5.74, 6) is 1.98. The lowest BCUT2D eigenvalue weighted by Gasteiger charge is -2.10. The van der Waals surface area contributed by atoms with Gasteiger partial charge in [-0.15, -0.1) is 0 Å². The smallest absolute Gasteiger partial charge is 0.261 e. The minimum Gasteiger partial charge on any atom is -0.493 e. The third-order valence-corrected chi connectivity index (χ3v) is 4.81. The number of hydrogen-bond acceptors (Lipinski definition) is 7. The molecule has 1 amide bonds. The Kier molecular flexibility index (Phi) is 7.02. The summed E-state index contributed by atoms with van der Waals surface area (Å²) in [5.41, 5.74) is 1.23. The summed E-state index contributed by atoms with van der Waals surface area (Å²) < 4.78 is 20.6. The van der Waals surface area contributed by atoms with Crippen molar-refractivity contribution in [1.82, 2.24) is 9.36 Å². The van der Waals surface area contributed by atoms with Crippen molar-refractivity contribution in [3.05, 3.63) is 48.0 Å². The third kappa shape index (κ3) is 5.03. The molecule has 1 aromatic heterocycles. The highest BCUT2D eigenvalue weighted by atomic mass is 32.1. The number of nitrogens with one attached hydrogen (secondary N) is 1. The lowest BCUT2D eigenvalue weighted by molar-refractivity contribution is 0.102. The number of aromatic nitrogens is 2. The van der Waals surface area contributed by atoms with Gasteiger partial charge in [-0.05, 0) is 36.8 Å². The number of ether oxygens (including phenoxy) is 3. The van der Waals surface area contributed by atoms with Gasteiger partial charge in [0.25, 0.3) is 5.91 Å². The Morgan fingerprint density at radius 3 is 2.62 bits per heavy atom. The number of carbonyl (C=O) groups excluding carboxylic acids is 1. The van der Waals surface area contributed by atoms with Crippen LogP contribution >= 0.6 is 11.5 Å². The molecule has 0 bridgehead atoms. The number of rotatable bonds is 9. The fraction of sp³-hybridized carbons (Fsp3) is 0.286. The van der Waals surface area contributed by atoms with E-state index in [4.69, 9.17) is 14.2 Å². The molecule has 1 N–H and O–H groups in total. The van der Waals surface area contributed by atoms with Gasteiger partial charge < -0.3 is 14.2 Å². The number of carbonyl (C=O) groups is 1. The number of hydrogen-bond donors (Lipinski definition) is 1. The summed E-state index contributed by atoms with van der Waals surface area (Å²) >= 11 is 1.11. The van der Waals surface area contributed by atoms with E-state index < -0.39 is 0 Å². The molecule has 29 heavy (non-hydrogen) atoms. The molecule has 8 heteroatoms. The zero-order chi connectivity index (χ0) is 20.6. The van der Waals surface area contributed by atoms with Gasteiger partial charge in [0.15, 0.2) is 17.3 Å². The summed E-state index contributed by atoms with van der Waals surface area (Å²) in [6.45, 7) is 2.66. The maximum atomic E-state index is 12.7. The monoisotopic (exact) mass is 413 g/mol. The highest BCUT2D eigenvalue weighted by Gasteiger charge is 2.16. The van der Waals surface area contributed by atoms with Crippen molar-refractivity contribution in [3.8, 4) is 28.6 Å². The molecule has 0 aliphatic carbocycles. The molecule has 0 aliphatic heterocycles. The summed E-state index contributed by atoms with van der Waals surface area (Å²) in [4.78, 5) is 17.1. The van der Waals surface area contributed by atoms with E-state index in [1.807, 2.05) is 12.1 Å². The number of anilines is 1. The van der Waals surface area contributed by atoms with Crippen LogP contribution in [0.3, 0.4) is 0 Å². The zero-order valence-corrected chi connectivity index (χ0v) is 17.4. The number of unbranched alkanes of at least 4 members (excludes halogenated alkanes) is 1. The molecule has 152 valence electrons. The van der Waals surface area contributed by atoms with Crippen molar-refractivity contribution in [3.63, 3.8) is 0 Å². The van der Waals surface area contributed by atoms with Crippen molar-refractivity contribution in [2.45, 2.75) is 19.8 Å².